The van der Waals surface area contributed by atoms with Gasteiger partial charge in [-0.2, -0.15) is 0 Å². The minimum atomic E-state index is -0.181. The molecular formula is C10H10FIO. The van der Waals surface area contributed by atoms with Crippen LogP contribution in [0.25, 0.3) is 0 Å². The van der Waals surface area contributed by atoms with Crippen LogP contribution in [0, 0.1) is 15.3 Å². The van der Waals surface area contributed by atoms with Crippen LogP contribution < -0.4 is 4.74 Å². The largest absolute Gasteiger partial charge is 0.493 e. The molecule has 1 aliphatic carbocycles. The summed E-state index contributed by atoms with van der Waals surface area (Å²) in [6, 6.07) is 4.86. The van der Waals surface area contributed by atoms with Crippen molar-refractivity contribution in [2.24, 2.45) is 5.92 Å². The van der Waals surface area contributed by atoms with E-state index in [9.17, 15) is 4.39 Å². The summed E-state index contributed by atoms with van der Waals surface area (Å²) in [6.07, 6.45) is 2.55. The molecule has 70 valence electrons. The molecular weight excluding hydrogens is 282 g/mol. The highest BCUT2D eigenvalue weighted by Crippen LogP contribution is 2.29. The zero-order valence-corrected chi connectivity index (χ0v) is 9.25. The second-order valence-electron chi connectivity index (χ2n) is 3.33. The van der Waals surface area contributed by atoms with Gasteiger partial charge >= 0.3 is 0 Å². The van der Waals surface area contributed by atoms with Crippen molar-refractivity contribution in [2.75, 3.05) is 6.61 Å². The molecule has 1 aromatic carbocycles. The molecule has 0 amide bonds. The lowest BCUT2D eigenvalue weighted by Crippen LogP contribution is -1.99. The fourth-order valence-corrected chi connectivity index (χ4v) is 1.55. The van der Waals surface area contributed by atoms with Crippen molar-refractivity contribution in [3.05, 3.63) is 27.6 Å². The minimum absolute atomic E-state index is 0.181. The molecule has 0 N–H and O–H groups in total. The smallest absolute Gasteiger partial charge is 0.136 e. The lowest BCUT2D eigenvalue weighted by atomic mass is 10.3. The minimum Gasteiger partial charge on any atom is -0.493 e. The molecule has 1 saturated carbocycles. The average molecular weight is 292 g/mol. The van der Waals surface area contributed by atoms with E-state index in [1.54, 1.807) is 12.1 Å². The topological polar surface area (TPSA) is 9.23 Å². The molecule has 1 nitrogen and oxygen atoms in total. The first-order valence-electron chi connectivity index (χ1n) is 4.33. The van der Waals surface area contributed by atoms with Gasteiger partial charge in [-0.1, -0.05) is 0 Å². The maximum Gasteiger partial charge on any atom is 0.136 e. The number of hydrogen-bond donors (Lipinski definition) is 0. The van der Waals surface area contributed by atoms with Gasteiger partial charge in [-0.3, -0.25) is 0 Å². The number of hydrogen-bond acceptors (Lipinski definition) is 1. The first kappa shape index (κ1) is 9.24. The molecule has 1 aromatic rings. The van der Waals surface area contributed by atoms with Crippen LogP contribution in [0.3, 0.4) is 0 Å². The van der Waals surface area contributed by atoms with Gasteiger partial charge in [0.1, 0.15) is 11.6 Å². The Bertz CT molecular complexity index is 310. The van der Waals surface area contributed by atoms with E-state index in [0.29, 0.717) is 3.57 Å². The van der Waals surface area contributed by atoms with Gasteiger partial charge in [0.05, 0.1) is 10.2 Å². The van der Waals surface area contributed by atoms with Crippen molar-refractivity contribution in [1.29, 1.82) is 0 Å². The second kappa shape index (κ2) is 3.82. The van der Waals surface area contributed by atoms with Crippen molar-refractivity contribution in [1.82, 2.24) is 0 Å². The van der Waals surface area contributed by atoms with Crippen LogP contribution in [0.4, 0.5) is 4.39 Å². The van der Waals surface area contributed by atoms with Crippen molar-refractivity contribution in [3.8, 4) is 5.75 Å². The molecule has 3 heteroatoms. The van der Waals surface area contributed by atoms with Crippen LogP contribution in [-0.2, 0) is 0 Å². The summed E-state index contributed by atoms with van der Waals surface area (Å²) < 4.78 is 19.0. The van der Waals surface area contributed by atoms with Crippen LogP contribution in [-0.4, -0.2) is 6.61 Å². The van der Waals surface area contributed by atoms with Crippen LogP contribution in [0.1, 0.15) is 12.8 Å². The van der Waals surface area contributed by atoms with E-state index >= 15 is 0 Å². The Kier molecular flexibility index (Phi) is 2.71. The molecule has 0 spiro atoms. The molecule has 0 saturated heterocycles. The maximum atomic E-state index is 12.8. The first-order valence-corrected chi connectivity index (χ1v) is 5.41. The summed E-state index contributed by atoms with van der Waals surface area (Å²) in [5.41, 5.74) is 0. The van der Waals surface area contributed by atoms with Crippen molar-refractivity contribution >= 4 is 22.6 Å². The van der Waals surface area contributed by atoms with Gasteiger partial charge in [0.2, 0.25) is 0 Å². The molecule has 0 heterocycles. The van der Waals surface area contributed by atoms with Gasteiger partial charge < -0.3 is 4.74 Å². The molecule has 1 fully saturated rings. The van der Waals surface area contributed by atoms with E-state index in [1.807, 2.05) is 22.6 Å². The third-order valence-electron chi connectivity index (χ3n) is 2.07. The summed E-state index contributed by atoms with van der Waals surface area (Å²) in [5.74, 6) is 1.33. The summed E-state index contributed by atoms with van der Waals surface area (Å²) in [4.78, 5) is 0. The van der Waals surface area contributed by atoms with E-state index in [1.165, 1.54) is 18.9 Å². The highest BCUT2D eigenvalue weighted by atomic mass is 127. The monoisotopic (exact) mass is 292 g/mol. The van der Waals surface area contributed by atoms with Crippen molar-refractivity contribution < 1.29 is 9.13 Å². The standard InChI is InChI=1S/C10H10FIO/c11-9-4-3-8(5-10(9)12)13-6-7-1-2-7/h3-5,7H,1-2,6H2. The zero-order valence-electron chi connectivity index (χ0n) is 7.09. The summed E-state index contributed by atoms with van der Waals surface area (Å²) in [5, 5.41) is 0. The Labute approximate surface area is 90.4 Å². The molecule has 0 aliphatic heterocycles. The molecule has 0 atom stereocenters. The Morgan fingerprint density at radius 1 is 1.46 bits per heavy atom. The first-order chi connectivity index (χ1) is 6.25. The van der Waals surface area contributed by atoms with Gasteiger partial charge in [0.15, 0.2) is 0 Å². The number of halogens is 2. The third-order valence-corrected chi connectivity index (χ3v) is 2.90. The average Bonchev–Trinajstić information content (AvgIpc) is 2.91. The van der Waals surface area contributed by atoms with Crippen molar-refractivity contribution in [3.63, 3.8) is 0 Å². The Morgan fingerprint density at radius 3 is 2.85 bits per heavy atom. The summed E-state index contributed by atoms with van der Waals surface area (Å²) >= 11 is 1.97. The van der Waals surface area contributed by atoms with Gasteiger partial charge in [-0.15, -0.1) is 0 Å². The molecule has 13 heavy (non-hydrogen) atoms. The van der Waals surface area contributed by atoms with Crippen LogP contribution in [0.5, 0.6) is 5.75 Å². The van der Waals surface area contributed by atoms with Gasteiger partial charge in [0, 0.05) is 0 Å². The molecule has 0 bridgehead atoms. The number of ether oxygens (including phenoxy) is 1. The third kappa shape index (κ3) is 2.56. The molecule has 0 unspecified atom stereocenters. The lowest BCUT2D eigenvalue weighted by Gasteiger charge is -2.05. The van der Waals surface area contributed by atoms with E-state index < -0.39 is 0 Å². The Morgan fingerprint density at radius 2 is 2.23 bits per heavy atom. The highest BCUT2D eigenvalue weighted by Gasteiger charge is 2.21. The van der Waals surface area contributed by atoms with E-state index in [4.69, 9.17) is 4.74 Å². The van der Waals surface area contributed by atoms with E-state index in [2.05, 4.69) is 0 Å². The van der Waals surface area contributed by atoms with Gasteiger partial charge in [-0.05, 0) is 59.5 Å². The normalized spacial score (nSPS) is 15.8. The van der Waals surface area contributed by atoms with Gasteiger partial charge in [0.25, 0.3) is 0 Å². The lowest BCUT2D eigenvalue weighted by molar-refractivity contribution is 0.299. The predicted molar refractivity (Wildman–Crippen MR) is 57.3 cm³/mol. The van der Waals surface area contributed by atoms with E-state index in [-0.39, 0.29) is 5.82 Å². The van der Waals surface area contributed by atoms with Crippen molar-refractivity contribution in [2.45, 2.75) is 12.8 Å². The Balaban J connectivity index is 1.98. The number of benzene rings is 1. The second-order valence-corrected chi connectivity index (χ2v) is 4.49. The van der Waals surface area contributed by atoms with E-state index in [0.717, 1.165) is 18.3 Å². The molecule has 0 aromatic heterocycles. The van der Waals surface area contributed by atoms with Crippen LogP contribution >= 0.6 is 22.6 Å². The quantitative estimate of drug-likeness (QED) is 0.777. The summed E-state index contributed by atoms with van der Waals surface area (Å²) in [6.45, 7) is 0.779. The summed E-state index contributed by atoms with van der Waals surface area (Å²) in [7, 11) is 0. The fourth-order valence-electron chi connectivity index (χ4n) is 1.07. The van der Waals surface area contributed by atoms with Gasteiger partial charge in [-0.25, -0.2) is 4.39 Å². The molecule has 1 aliphatic rings. The fraction of sp³-hybridized carbons (Fsp3) is 0.400. The highest BCUT2D eigenvalue weighted by molar-refractivity contribution is 14.1. The molecule has 2 rings (SSSR count). The Hall–Kier alpha value is -0.320. The maximum absolute atomic E-state index is 12.8. The molecule has 0 radical (unpaired) electrons. The zero-order chi connectivity index (χ0) is 9.26. The van der Waals surface area contributed by atoms with Crippen LogP contribution in [0.15, 0.2) is 18.2 Å². The van der Waals surface area contributed by atoms with Crippen LogP contribution in [0.2, 0.25) is 0 Å². The predicted octanol–water partition coefficient (Wildman–Crippen LogP) is 3.22. The SMILES string of the molecule is Fc1ccc(OCC2CC2)cc1I. The number of rotatable bonds is 3.